The number of aliphatic hydroxyl groups is 5. The summed E-state index contributed by atoms with van der Waals surface area (Å²) in [5.74, 6) is -0.180. The van der Waals surface area contributed by atoms with Crippen LogP contribution in [0.5, 0.6) is 0 Å². The number of carbonyl (C=O) groups is 1. The molecule has 7 unspecified atom stereocenters. The van der Waals surface area contributed by atoms with E-state index in [0.717, 1.165) is 38.5 Å². The molecule has 0 bridgehead atoms. The van der Waals surface area contributed by atoms with Crippen LogP contribution in [-0.2, 0) is 14.3 Å². The highest BCUT2D eigenvalue weighted by Gasteiger charge is 2.44. The second-order valence-corrected chi connectivity index (χ2v) is 21.1. The van der Waals surface area contributed by atoms with Gasteiger partial charge in [-0.1, -0.05) is 282 Å². The number of aliphatic hydroxyl groups excluding tert-OH is 5. The van der Waals surface area contributed by atoms with Crippen LogP contribution in [0.4, 0.5) is 0 Å². The summed E-state index contributed by atoms with van der Waals surface area (Å²) >= 11 is 0. The van der Waals surface area contributed by atoms with Crippen molar-refractivity contribution in [2.75, 3.05) is 13.2 Å². The third kappa shape index (κ3) is 39.8. The Hall–Kier alpha value is -1.33. The number of allylic oxidation sites excluding steroid dienone is 3. The van der Waals surface area contributed by atoms with Crippen LogP contribution in [-0.4, -0.2) is 87.5 Å². The summed E-state index contributed by atoms with van der Waals surface area (Å²) in [6.45, 7) is 3.80. The van der Waals surface area contributed by atoms with E-state index in [0.29, 0.717) is 6.42 Å². The van der Waals surface area contributed by atoms with Crippen LogP contribution in [0.15, 0.2) is 24.3 Å². The molecule has 1 heterocycles. The van der Waals surface area contributed by atoms with E-state index < -0.39 is 49.5 Å². The molecule has 0 aromatic rings. The number of ether oxygens (including phenoxy) is 2. The second-order valence-electron chi connectivity index (χ2n) is 21.1. The van der Waals surface area contributed by atoms with E-state index in [-0.39, 0.29) is 12.5 Å². The topological polar surface area (TPSA) is 149 Å². The molecule has 1 amide bonds. The minimum absolute atomic E-state index is 0.180. The fraction of sp³-hybridized carbons (Fsp3) is 0.917. The molecule has 0 spiro atoms. The predicted octanol–water partition coefficient (Wildman–Crippen LogP) is 15.0. The zero-order chi connectivity index (χ0) is 50.1. The summed E-state index contributed by atoms with van der Waals surface area (Å²) in [5.41, 5.74) is 0. The lowest BCUT2D eigenvalue weighted by molar-refractivity contribution is -0.302. The third-order valence-corrected chi connectivity index (χ3v) is 14.5. The predicted molar refractivity (Wildman–Crippen MR) is 290 cm³/mol. The summed E-state index contributed by atoms with van der Waals surface area (Å²) in [6, 6.07) is -0.818. The lowest BCUT2D eigenvalue weighted by Crippen LogP contribution is -2.60. The average molecular weight is 979 g/mol. The van der Waals surface area contributed by atoms with Crippen molar-refractivity contribution in [3.05, 3.63) is 24.3 Å². The molecule has 408 valence electrons. The Bertz CT molecular complexity index is 1130. The van der Waals surface area contributed by atoms with Gasteiger partial charge in [-0.3, -0.25) is 4.79 Å². The van der Waals surface area contributed by atoms with Gasteiger partial charge in [0.1, 0.15) is 24.4 Å². The van der Waals surface area contributed by atoms with E-state index in [1.165, 1.54) is 238 Å². The maximum Gasteiger partial charge on any atom is 0.220 e. The van der Waals surface area contributed by atoms with Gasteiger partial charge >= 0.3 is 0 Å². The number of hydrogen-bond acceptors (Lipinski definition) is 8. The fourth-order valence-corrected chi connectivity index (χ4v) is 9.76. The number of amides is 1. The Labute approximate surface area is 426 Å². The van der Waals surface area contributed by atoms with E-state index in [4.69, 9.17) is 9.47 Å². The lowest BCUT2D eigenvalue weighted by atomic mass is 9.99. The molecular weight excluding hydrogens is 863 g/mol. The second kappa shape index (κ2) is 50.2. The molecular formula is C60H115NO8. The molecule has 69 heavy (non-hydrogen) atoms. The monoisotopic (exact) mass is 978 g/mol. The van der Waals surface area contributed by atoms with Crippen molar-refractivity contribution >= 4 is 5.91 Å². The number of rotatable bonds is 52. The molecule has 1 aliphatic heterocycles. The lowest BCUT2D eigenvalue weighted by Gasteiger charge is -2.40. The van der Waals surface area contributed by atoms with Crippen LogP contribution >= 0.6 is 0 Å². The van der Waals surface area contributed by atoms with Gasteiger partial charge in [0.25, 0.3) is 0 Å². The molecule has 0 aromatic carbocycles. The quantitative estimate of drug-likeness (QED) is 0.0261. The van der Waals surface area contributed by atoms with Crippen molar-refractivity contribution < 1.29 is 39.8 Å². The van der Waals surface area contributed by atoms with Gasteiger partial charge in [0, 0.05) is 6.42 Å². The zero-order valence-corrected chi connectivity index (χ0v) is 45.3. The van der Waals surface area contributed by atoms with Crippen molar-refractivity contribution in [1.82, 2.24) is 5.32 Å². The number of hydrogen-bond donors (Lipinski definition) is 6. The first kappa shape index (κ1) is 65.7. The minimum atomic E-state index is -1.57. The summed E-state index contributed by atoms with van der Waals surface area (Å²) in [6.07, 6.45) is 56.9. The van der Waals surface area contributed by atoms with Crippen molar-refractivity contribution in [3.63, 3.8) is 0 Å². The van der Waals surface area contributed by atoms with Gasteiger partial charge in [0.15, 0.2) is 6.29 Å². The summed E-state index contributed by atoms with van der Waals surface area (Å²) in [5, 5.41) is 54.5. The van der Waals surface area contributed by atoms with Gasteiger partial charge in [-0.15, -0.1) is 0 Å². The largest absolute Gasteiger partial charge is 0.394 e. The van der Waals surface area contributed by atoms with E-state index in [1.807, 2.05) is 6.08 Å². The van der Waals surface area contributed by atoms with Gasteiger partial charge in [-0.25, -0.2) is 0 Å². The highest BCUT2D eigenvalue weighted by Crippen LogP contribution is 2.23. The molecule has 0 radical (unpaired) electrons. The van der Waals surface area contributed by atoms with E-state index >= 15 is 0 Å². The van der Waals surface area contributed by atoms with Crippen LogP contribution in [0.3, 0.4) is 0 Å². The van der Waals surface area contributed by atoms with E-state index in [1.54, 1.807) is 6.08 Å². The van der Waals surface area contributed by atoms with Gasteiger partial charge in [-0.2, -0.15) is 0 Å². The van der Waals surface area contributed by atoms with Crippen LogP contribution in [0.25, 0.3) is 0 Å². The van der Waals surface area contributed by atoms with Gasteiger partial charge in [-0.05, 0) is 32.1 Å². The maximum atomic E-state index is 13.1. The summed E-state index contributed by atoms with van der Waals surface area (Å²) in [4.78, 5) is 13.1. The summed E-state index contributed by atoms with van der Waals surface area (Å²) in [7, 11) is 0. The minimum Gasteiger partial charge on any atom is -0.394 e. The first-order chi connectivity index (χ1) is 33.8. The third-order valence-electron chi connectivity index (χ3n) is 14.5. The Kier molecular flexibility index (Phi) is 47.8. The summed E-state index contributed by atoms with van der Waals surface area (Å²) < 4.78 is 11.3. The Morgan fingerprint density at radius 1 is 0.478 bits per heavy atom. The number of carbonyl (C=O) groups excluding carboxylic acids is 1. The molecule has 1 aliphatic rings. The number of nitrogens with one attached hydrogen (secondary N) is 1. The van der Waals surface area contributed by atoms with Gasteiger partial charge in [0.2, 0.25) is 5.91 Å². The molecule has 1 saturated heterocycles. The van der Waals surface area contributed by atoms with Crippen molar-refractivity contribution in [3.8, 4) is 0 Å². The Morgan fingerprint density at radius 2 is 0.826 bits per heavy atom. The van der Waals surface area contributed by atoms with Crippen LogP contribution in [0.1, 0.15) is 296 Å². The molecule has 1 rings (SSSR count). The SMILES string of the molecule is CCCCCCCCCCCCCC/C=C/CC/C=C/C(O)C(COC1OC(CO)C(O)C(O)C1O)NC(=O)CCCCCCCCCCCCCCCCCCCCCCCCCCCCCC. The van der Waals surface area contributed by atoms with E-state index in [2.05, 4.69) is 31.3 Å². The van der Waals surface area contributed by atoms with Crippen LogP contribution in [0.2, 0.25) is 0 Å². The standard InChI is InChI=1S/C60H115NO8/c1-3-5-7-9-11-13-15-17-19-21-23-24-25-26-27-28-29-30-31-32-34-36-38-40-42-44-46-48-50-56(64)61-53(52-68-60-59(67)58(66)57(65)55(51-62)69-60)54(63)49-47-45-43-41-39-37-35-33-22-20-18-16-14-12-10-8-6-4-2/h39,41,47,49,53-55,57-60,62-63,65-67H,3-38,40,42-46,48,50-52H2,1-2H3,(H,61,64)/b41-39+,49-47+. The maximum absolute atomic E-state index is 13.1. The Balaban J connectivity index is 2.18. The van der Waals surface area contributed by atoms with Crippen molar-refractivity contribution in [2.24, 2.45) is 0 Å². The van der Waals surface area contributed by atoms with E-state index in [9.17, 15) is 30.3 Å². The molecule has 6 N–H and O–H groups in total. The van der Waals surface area contributed by atoms with Gasteiger partial charge in [0.05, 0.1) is 25.4 Å². The first-order valence-corrected chi connectivity index (χ1v) is 30.1. The molecule has 1 fully saturated rings. The highest BCUT2D eigenvalue weighted by molar-refractivity contribution is 5.76. The van der Waals surface area contributed by atoms with Crippen LogP contribution < -0.4 is 5.32 Å². The van der Waals surface area contributed by atoms with Crippen molar-refractivity contribution in [2.45, 2.75) is 339 Å². The molecule has 0 aromatic heterocycles. The highest BCUT2D eigenvalue weighted by atomic mass is 16.7. The van der Waals surface area contributed by atoms with Crippen molar-refractivity contribution in [1.29, 1.82) is 0 Å². The van der Waals surface area contributed by atoms with Gasteiger partial charge < -0.3 is 40.3 Å². The smallest absolute Gasteiger partial charge is 0.220 e. The first-order valence-electron chi connectivity index (χ1n) is 30.1. The Morgan fingerprint density at radius 3 is 1.22 bits per heavy atom. The zero-order valence-electron chi connectivity index (χ0n) is 45.3. The fourth-order valence-electron chi connectivity index (χ4n) is 9.76. The van der Waals surface area contributed by atoms with Crippen LogP contribution in [0, 0.1) is 0 Å². The number of unbranched alkanes of at least 4 members (excludes halogenated alkanes) is 40. The molecule has 0 saturated carbocycles. The normalized spacial score (nSPS) is 19.6. The average Bonchev–Trinajstić information content (AvgIpc) is 3.35. The molecule has 9 heteroatoms. The molecule has 9 nitrogen and oxygen atoms in total. The molecule has 7 atom stereocenters. The molecule has 0 aliphatic carbocycles.